The lowest BCUT2D eigenvalue weighted by Gasteiger charge is -2.27. The third kappa shape index (κ3) is 7.19. The van der Waals surface area contributed by atoms with Crippen LogP contribution in [0, 0.1) is 5.92 Å². The van der Waals surface area contributed by atoms with Gasteiger partial charge in [-0.05, 0) is 41.3 Å². The van der Waals surface area contributed by atoms with Crippen molar-refractivity contribution < 1.29 is 19.0 Å². The molecule has 0 aliphatic carbocycles. The number of alkyl halides is 1. The monoisotopic (exact) mass is 500 g/mol. The van der Waals surface area contributed by atoms with Crippen LogP contribution in [0.1, 0.15) is 52.2 Å². The maximum Gasteiger partial charge on any atom is 0.303 e. The van der Waals surface area contributed by atoms with Crippen LogP contribution < -0.4 is 9.47 Å². The van der Waals surface area contributed by atoms with Crippen molar-refractivity contribution in [3.63, 3.8) is 0 Å². The van der Waals surface area contributed by atoms with Crippen molar-refractivity contribution >= 4 is 40.8 Å². The molecule has 2 aromatic carbocycles. The Balaban J connectivity index is 2.15. The summed E-state index contributed by atoms with van der Waals surface area (Å²) in [6.45, 7) is 10.6. The summed E-state index contributed by atoms with van der Waals surface area (Å²) < 4.78 is 16.7. The van der Waals surface area contributed by atoms with Gasteiger partial charge in [-0.15, -0.1) is 11.6 Å². The average Bonchev–Trinajstić information content (AvgIpc) is 2.75. The van der Waals surface area contributed by atoms with Crippen LogP contribution in [-0.2, 0) is 14.9 Å². The minimum absolute atomic E-state index is 0.124. The summed E-state index contributed by atoms with van der Waals surface area (Å²) in [7, 11) is 0. The first kappa shape index (κ1) is 26.6. The largest absolute Gasteiger partial charge is 0.492 e. The average molecular weight is 502 g/mol. The fourth-order valence-corrected chi connectivity index (χ4v) is 3.68. The fraction of sp³-hybridized carbons (Fsp3) is 0.480. The lowest BCUT2D eigenvalue weighted by atomic mass is 9.78. The first-order chi connectivity index (χ1) is 15.1. The molecule has 2 unspecified atom stereocenters. The van der Waals surface area contributed by atoms with E-state index in [1.54, 1.807) is 0 Å². The van der Waals surface area contributed by atoms with Crippen molar-refractivity contribution in [1.82, 2.24) is 0 Å². The summed E-state index contributed by atoms with van der Waals surface area (Å²) in [5, 5.41) is 1.05. The van der Waals surface area contributed by atoms with Gasteiger partial charge in [0.1, 0.15) is 24.2 Å². The van der Waals surface area contributed by atoms with E-state index in [9.17, 15) is 4.79 Å². The second kappa shape index (κ2) is 12.0. The maximum absolute atomic E-state index is 11.1. The van der Waals surface area contributed by atoms with E-state index in [1.165, 1.54) is 6.92 Å². The standard InChI is InChI=1S/C25H31Cl3O4/c1-6-16(2)14-30-23-9-7-18(11-21(23)27)25(4,5)19-8-10-24(22(28)12-19)31-15-20(13-26)32-17(3)29/h7-12,16,20H,6,13-15H2,1-5H3. The van der Waals surface area contributed by atoms with E-state index in [1.807, 2.05) is 36.4 Å². The molecule has 0 N–H and O–H groups in total. The second-order valence-electron chi connectivity index (χ2n) is 8.44. The van der Waals surface area contributed by atoms with Gasteiger partial charge in [-0.1, -0.05) is 69.5 Å². The lowest BCUT2D eigenvalue weighted by molar-refractivity contribution is -0.146. The summed E-state index contributed by atoms with van der Waals surface area (Å²) in [4.78, 5) is 11.1. The van der Waals surface area contributed by atoms with Crippen molar-refractivity contribution in [2.45, 2.75) is 52.6 Å². The minimum atomic E-state index is -0.537. The van der Waals surface area contributed by atoms with Crippen LogP contribution in [0.2, 0.25) is 10.0 Å². The Kier molecular flexibility index (Phi) is 10.00. The molecule has 0 saturated carbocycles. The van der Waals surface area contributed by atoms with Crippen LogP contribution in [0.5, 0.6) is 11.5 Å². The van der Waals surface area contributed by atoms with Crippen molar-refractivity contribution in [3.8, 4) is 11.5 Å². The molecule has 0 fully saturated rings. The van der Waals surface area contributed by atoms with Crippen LogP contribution in [0.3, 0.4) is 0 Å². The molecule has 2 aromatic rings. The molecule has 2 atom stereocenters. The summed E-state index contributed by atoms with van der Waals surface area (Å²) in [5.41, 5.74) is 1.70. The van der Waals surface area contributed by atoms with Gasteiger partial charge in [-0.2, -0.15) is 0 Å². The van der Waals surface area contributed by atoms with E-state index in [2.05, 4.69) is 27.7 Å². The smallest absolute Gasteiger partial charge is 0.303 e. The van der Waals surface area contributed by atoms with Crippen molar-refractivity contribution in [3.05, 3.63) is 57.6 Å². The normalized spacial score (nSPS) is 13.4. The van der Waals surface area contributed by atoms with E-state index in [0.717, 1.165) is 17.5 Å². The number of esters is 1. The van der Waals surface area contributed by atoms with Crippen LogP contribution in [0.25, 0.3) is 0 Å². The number of halogens is 3. The molecular weight excluding hydrogens is 471 g/mol. The van der Waals surface area contributed by atoms with Crippen molar-refractivity contribution in [2.75, 3.05) is 19.1 Å². The lowest BCUT2D eigenvalue weighted by Crippen LogP contribution is -2.25. The van der Waals surface area contributed by atoms with Gasteiger partial charge < -0.3 is 14.2 Å². The molecule has 0 saturated heterocycles. The number of rotatable bonds is 11. The number of carbonyl (C=O) groups excluding carboxylic acids is 1. The van der Waals surface area contributed by atoms with Gasteiger partial charge in [0.15, 0.2) is 0 Å². The SMILES string of the molecule is CCC(C)COc1ccc(C(C)(C)c2ccc(OCC(CCl)OC(C)=O)c(Cl)c2)cc1Cl. The Labute approximate surface area is 206 Å². The Morgan fingerprint density at radius 1 is 0.969 bits per heavy atom. The molecule has 0 heterocycles. The molecule has 32 heavy (non-hydrogen) atoms. The van der Waals surface area contributed by atoms with Crippen LogP contribution >= 0.6 is 34.8 Å². The Hall–Kier alpha value is -1.62. The zero-order valence-corrected chi connectivity index (χ0v) is 21.5. The van der Waals surface area contributed by atoms with Gasteiger partial charge in [0.2, 0.25) is 0 Å². The summed E-state index contributed by atoms with van der Waals surface area (Å²) in [5.74, 6) is 1.39. The van der Waals surface area contributed by atoms with E-state index < -0.39 is 12.1 Å². The number of benzene rings is 2. The van der Waals surface area contributed by atoms with Gasteiger partial charge in [0.25, 0.3) is 0 Å². The van der Waals surface area contributed by atoms with Gasteiger partial charge >= 0.3 is 5.97 Å². The third-order valence-corrected chi connectivity index (χ3v) is 6.39. The summed E-state index contributed by atoms with van der Waals surface area (Å²) in [6.07, 6.45) is 0.518. The zero-order chi connectivity index (χ0) is 23.9. The highest BCUT2D eigenvalue weighted by Gasteiger charge is 2.25. The van der Waals surface area contributed by atoms with E-state index in [-0.39, 0.29) is 17.9 Å². The predicted molar refractivity (Wildman–Crippen MR) is 132 cm³/mol. The van der Waals surface area contributed by atoms with Gasteiger partial charge in [0, 0.05) is 12.3 Å². The van der Waals surface area contributed by atoms with Crippen LogP contribution in [0.15, 0.2) is 36.4 Å². The van der Waals surface area contributed by atoms with E-state index in [0.29, 0.717) is 34.1 Å². The molecule has 0 aromatic heterocycles. The highest BCUT2D eigenvalue weighted by atomic mass is 35.5. The number of ether oxygens (including phenoxy) is 3. The molecule has 2 rings (SSSR count). The zero-order valence-electron chi connectivity index (χ0n) is 19.2. The maximum atomic E-state index is 11.1. The molecule has 176 valence electrons. The Morgan fingerprint density at radius 3 is 1.88 bits per heavy atom. The van der Waals surface area contributed by atoms with Crippen molar-refractivity contribution in [2.24, 2.45) is 5.92 Å². The molecule has 4 nitrogen and oxygen atoms in total. The molecule has 0 amide bonds. The van der Waals surface area contributed by atoms with E-state index in [4.69, 9.17) is 49.0 Å². The molecule has 0 spiro atoms. The number of hydrogen-bond acceptors (Lipinski definition) is 4. The molecule has 0 bridgehead atoms. The fourth-order valence-electron chi connectivity index (χ4n) is 3.06. The number of carbonyl (C=O) groups is 1. The quantitative estimate of drug-likeness (QED) is 0.239. The Bertz CT molecular complexity index is 914. The molecular formula is C25H31Cl3O4. The van der Waals surface area contributed by atoms with Gasteiger partial charge in [-0.3, -0.25) is 4.79 Å². The highest BCUT2D eigenvalue weighted by Crippen LogP contribution is 2.38. The molecule has 0 aliphatic heterocycles. The Morgan fingerprint density at radius 2 is 1.47 bits per heavy atom. The minimum Gasteiger partial charge on any atom is -0.492 e. The molecule has 7 heteroatoms. The van der Waals surface area contributed by atoms with Crippen LogP contribution in [-0.4, -0.2) is 31.2 Å². The van der Waals surface area contributed by atoms with Crippen molar-refractivity contribution in [1.29, 1.82) is 0 Å². The summed E-state index contributed by atoms with van der Waals surface area (Å²) >= 11 is 18.8. The van der Waals surface area contributed by atoms with Crippen LogP contribution in [0.4, 0.5) is 0 Å². The first-order valence-corrected chi connectivity index (χ1v) is 12.0. The topological polar surface area (TPSA) is 44.8 Å². The van der Waals surface area contributed by atoms with Gasteiger partial charge in [-0.25, -0.2) is 0 Å². The third-order valence-electron chi connectivity index (χ3n) is 5.46. The second-order valence-corrected chi connectivity index (χ2v) is 9.56. The number of hydrogen-bond donors (Lipinski definition) is 0. The molecule has 0 aliphatic rings. The van der Waals surface area contributed by atoms with Gasteiger partial charge in [0.05, 0.1) is 22.5 Å². The highest BCUT2D eigenvalue weighted by molar-refractivity contribution is 6.32. The molecule has 0 radical (unpaired) electrons. The van der Waals surface area contributed by atoms with E-state index >= 15 is 0 Å². The first-order valence-electron chi connectivity index (χ1n) is 10.7. The summed E-state index contributed by atoms with van der Waals surface area (Å²) in [6, 6.07) is 11.5. The predicted octanol–water partition coefficient (Wildman–Crippen LogP) is 7.29.